The van der Waals surface area contributed by atoms with E-state index >= 15 is 0 Å². The maximum atomic E-state index is 5.57. The third-order valence-electron chi connectivity index (χ3n) is 3.19. The van der Waals surface area contributed by atoms with Gasteiger partial charge in [-0.15, -0.1) is 0 Å². The van der Waals surface area contributed by atoms with Crippen LogP contribution in [0.2, 0.25) is 0 Å². The van der Waals surface area contributed by atoms with Gasteiger partial charge in [0, 0.05) is 29.5 Å². The Morgan fingerprint density at radius 3 is 3.00 bits per heavy atom. The molecule has 0 atom stereocenters. The van der Waals surface area contributed by atoms with Gasteiger partial charge in [0.25, 0.3) is 0 Å². The molecule has 0 aliphatic heterocycles. The van der Waals surface area contributed by atoms with Gasteiger partial charge in [0.15, 0.2) is 0 Å². The van der Waals surface area contributed by atoms with Crippen LogP contribution in [0.15, 0.2) is 65.7 Å². The zero-order chi connectivity index (χ0) is 11.9. The number of aromatic nitrogens is 2. The van der Waals surface area contributed by atoms with Crippen LogP contribution in [0.25, 0.3) is 27.7 Å². The van der Waals surface area contributed by atoms with E-state index in [1.165, 1.54) is 0 Å². The first-order chi connectivity index (χ1) is 8.92. The highest BCUT2D eigenvalue weighted by atomic mass is 16.3. The standard InChI is InChI=1S/C15H10N2O/c1-2-4-14-12(3-1)13(10-18-14)11-5-7-17-8-6-16-15(17)9-11/h1-10H. The Hall–Kier alpha value is -2.55. The molecule has 0 aliphatic carbocycles. The van der Waals surface area contributed by atoms with Crippen molar-refractivity contribution in [3.05, 3.63) is 61.3 Å². The monoisotopic (exact) mass is 234 g/mol. The molecule has 18 heavy (non-hydrogen) atoms. The average Bonchev–Trinajstić information content (AvgIpc) is 3.04. The van der Waals surface area contributed by atoms with Crippen LogP contribution < -0.4 is 0 Å². The van der Waals surface area contributed by atoms with Crippen molar-refractivity contribution in [2.24, 2.45) is 0 Å². The number of benzene rings is 1. The first-order valence-electron chi connectivity index (χ1n) is 5.81. The summed E-state index contributed by atoms with van der Waals surface area (Å²) in [6.45, 7) is 0. The van der Waals surface area contributed by atoms with Crippen LogP contribution in [0.5, 0.6) is 0 Å². The first kappa shape index (κ1) is 9.48. The van der Waals surface area contributed by atoms with Crippen LogP contribution in [0.1, 0.15) is 0 Å². The summed E-state index contributed by atoms with van der Waals surface area (Å²) in [6, 6.07) is 12.2. The van der Waals surface area contributed by atoms with Gasteiger partial charge in [0.2, 0.25) is 0 Å². The Morgan fingerprint density at radius 1 is 1.06 bits per heavy atom. The molecule has 4 aromatic rings. The molecule has 0 N–H and O–H groups in total. The number of hydrogen-bond acceptors (Lipinski definition) is 2. The summed E-state index contributed by atoms with van der Waals surface area (Å²) in [7, 11) is 0. The molecule has 0 unspecified atom stereocenters. The summed E-state index contributed by atoms with van der Waals surface area (Å²) in [5.41, 5.74) is 4.09. The largest absolute Gasteiger partial charge is 0.464 e. The fourth-order valence-electron chi connectivity index (χ4n) is 2.28. The number of imidazole rings is 1. The lowest BCUT2D eigenvalue weighted by molar-refractivity contribution is 0.617. The fraction of sp³-hybridized carbons (Fsp3) is 0. The van der Waals surface area contributed by atoms with E-state index in [9.17, 15) is 0 Å². The SMILES string of the molecule is c1ccc2c(-c3ccn4ccnc4c3)coc2c1. The van der Waals surface area contributed by atoms with E-state index in [2.05, 4.69) is 23.2 Å². The third kappa shape index (κ3) is 1.27. The smallest absolute Gasteiger partial charge is 0.137 e. The zero-order valence-corrected chi connectivity index (χ0v) is 9.58. The van der Waals surface area contributed by atoms with E-state index in [-0.39, 0.29) is 0 Å². The van der Waals surface area contributed by atoms with E-state index < -0.39 is 0 Å². The van der Waals surface area contributed by atoms with E-state index in [1.807, 2.05) is 35.0 Å². The number of rotatable bonds is 1. The van der Waals surface area contributed by atoms with Gasteiger partial charge in [0.1, 0.15) is 11.2 Å². The van der Waals surface area contributed by atoms with E-state index in [4.69, 9.17) is 4.42 Å². The van der Waals surface area contributed by atoms with Crippen molar-refractivity contribution < 1.29 is 4.42 Å². The predicted octanol–water partition coefficient (Wildman–Crippen LogP) is 3.75. The molecule has 3 heteroatoms. The second kappa shape index (κ2) is 3.47. The molecule has 0 fully saturated rings. The molecule has 0 saturated carbocycles. The van der Waals surface area contributed by atoms with Crippen molar-refractivity contribution in [3.63, 3.8) is 0 Å². The number of nitrogens with zero attached hydrogens (tertiary/aromatic N) is 2. The van der Waals surface area contributed by atoms with Gasteiger partial charge in [0.05, 0.1) is 6.26 Å². The van der Waals surface area contributed by atoms with Crippen molar-refractivity contribution in [1.82, 2.24) is 9.38 Å². The Labute approximate surface area is 103 Å². The molecule has 86 valence electrons. The molecule has 3 nitrogen and oxygen atoms in total. The minimum absolute atomic E-state index is 0.913. The molecule has 3 aromatic heterocycles. The maximum Gasteiger partial charge on any atom is 0.137 e. The molecular weight excluding hydrogens is 224 g/mol. The van der Waals surface area contributed by atoms with Crippen molar-refractivity contribution in [3.8, 4) is 11.1 Å². The highest BCUT2D eigenvalue weighted by Gasteiger charge is 2.08. The van der Waals surface area contributed by atoms with E-state index in [0.717, 1.165) is 27.7 Å². The van der Waals surface area contributed by atoms with Crippen LogP contribution in [0.3, 0.4) is 0 Å². The lowest BCUT2D eigenvalue weighted by Crippen LogP contribution is -1.83. The predicted molar refractivity (Wildman–Crippen MR) is 70.4 cm³/mol. The summed E-state index contributed by atoms with van der Waals surface area (Å²) in [5, 5.41) is 1.13. The molecule has 4 rings (SSSR count). The summed E-state index contributed by atoms with van der Waals surface area (Å²) in [5.74, 6) is 0. The van der Waals surface area contributed by atoms with Gasteiger partial charge in [-0.1, -0.05) is 18.2 Å². The average molecular weight is 234 g/mol. The van der Waals surface area contributed by atoms with Crippen molar-refractivity contribution >= 4 is 16.6 Å². The van der Waals surface area contributed by atoms with Crippen LogP contribution >= 0.6 is 0 Å². The highest BCUT2D eigenvalue weighted by Crippen LogP contribution is 2.30. The molecule has 0 spiro atoms. The molecule has 0 bridgehead atoms. The Morgan fingerprint density at radius 2 is 2.00 bits per heavy atom. The van der Waals surface area contributed by atoms with Gasteiger partial charge in [-0.05, 0) is 23.8 Å². The zero-order valence-electron chi connectivity index (χ0n) is 9.58. The highest BCUT2D eigenvalue weighted by molar-refractivity contribution is 5.94. The van der Waals surface area contributed by atoms with Crippen LogP contribution in [-0.4, -0.2) is 9.38 Å². The number of para-hydroxylation sites is 1. The molecule has 3 heterocycles. The van der Waals surface area contributed by atoms with Crippen LogP contribution in [0.4, 0.5) is 0 Å². The number of fused-ring (bicyclic) bond motifs is 2. The number of pyridine rings is 1. The first-order valence-corrected chi connectivity index (χ1v) is 5.81. The second-order valence-electron chi connectivity index (χ2n) is 4.25. The normalized spacial score (nSPS) is 11.3. The summed E-state index contributed by atoms with van der Waals surface area (Å²) < 4.78 is 7.56. The van der Waals surface area contributed by atoms with Crippen LogP contribution in [-0.2, 0) is 0 Å². The Balaban J connectivity index is 2.00. The van der Waals surface area contributed by atoms with Crippen molar-refractivity contribution in [2.45, 2.75) is 0 Å². The van der Waals surface area contributed by atoms with Gasteiger partial charge in [-0.3, -0.25) is 0 Å². The Bertz CT molecular complexity index is 842. The molecule has 0 saturated heterocycles. The molecule has 1 aromatic carbocycles. The lowest BCUT2D eigenvalue weighted by atomic mass is 10.1. The van der Waals surface area contributed by atoms with Crippen LogP contribution in [0, 0.1) is 0 Å². The number of furan rings is 1. The summed E-state index contributed by atoms with van der Waals surface area (Å²) in [6.07, 6.45) is 7.55. The molecular formula is C15H10N2O. The van der Waals surface area contributed by atoms with Gasteiger partial charge < -0.3 is 8.82 Å². The van der Waals surface area contributed by atoms with Crippen molar-refractivity contribution in [2.75, 3.05) is 0 Å². The third-order valence-corrected chi connectivity index (χ3v) is 3.19. The second-order valence-corrected chi connectivity index (χ2v) is 4.25. The van der Waals surface area contributed by atoms with Gasteiger partial charge in [-0.25, -0.2) is 4.98 Å². The summed E-state index contributed by atoms with van der Waals surface area (Å²) >= 11 is 0. The lowest BCUT2D eigenvalue weighted by Gasteiger charge is -1.99. The van der Waals surface area contributed by atoms with E-state index in [0.29, 0.717) is 0 Å². The van der Waals surface area contributed by atoms with Gasteiger partial charge >= 0.3 is 0 Å². The molecule has 0 amide bonds. The molecule has 0 aliphatic rings. The Kier molecular flexibility index (Phi) is 1.83. The molecule has 0 radical (unpaired) electrons. The fourth-order valence-corrected chi connectivity index (χ4v) is 2.28. The summed E-state index contributed by atoms with van der Waals surface area (Å²) in [4.78, 5) is 4.30. The topological polar surface area (TPSA) is 30.4 Å². The maximum absolute atomic E-state index is 5.57. The quantitative estimate of drug-likeness (QED) is 0.502. The van der Waals surface area contributed by atoms with Crippen molar-refractivity contribution in [1.29, 1.82) is 0 Å². The minimum Gasteiger partial charge on any atom is -0.464 e. The number of hydrogen-bond donors (Lipinski definition) is 0. The van der Waals surface area contributed by atoms with E-state index in [1.54, 1.807) is 12.5 Å². The van der Waals surface area contributed by atoms with Gasteiger partial charge in [-0.2, -0.15) is 0 Å². The minimum atomic E-state index is 0.913.